The Balaban J connectivity index is 2.08. The van der Waals surface area contributed by atoms with E-state index in [4.69, 9.17) is 15.2 Å². The molecule has 0 unspecified atom stereocenters. The number of benzene rings is 1. The summed E-state index contributed by atoms with van der Waals surface area (Å²) in [6.45, 7) is 3.91. The molecule has 0 saturated heterocycles. The standard InChI is InChI=1S/C19H23N3O6/c1-11(2)9-27-13-7-5-12(6-8-13)18(25)28-10-14(23)15-16(20)21(3)19(26)22(4)17(15)24/h5-8,11H,9-10,20H2,1-4H3. The molecule has 0 saturated carbocycles. The van der Waals surface area contributed by atoms with Crippen LogP contribution in [0.25, 0.3) is 0 Å². The molecule has 0 aliphatic carbocycles. The van der Waals surface area contributed by atoms with Crippen molar-refractivity contribution >= 4 is 17.6 Å². The van der Waals surface area contributed by atoms with E-state index < -0.39 is 35.2 Å². The number of hydrogen-bond donors (Lipinski definition) is 1. The third-order valence-electron chi connectivity index (χ3n) is 4.00. The molecular weight excluding hydrogens is 366 g/mol. The van der Waals surface area contributed by atoms with E-state index in [1.165, 1.54) is 26.2 Å². The lowest BCUT2D eigenvalue weighted by atomic mass is 10.2. The second kappa shape index (κ2) is 8.55. The smallest absolute Gasteiger partial charge is 0.338 e. The number of rotatable bonds is 7. The number of carbonyl (C=O) groups excluding carboxylic acids is 2. The first kappa shape index (κ1) is 20.9. The molecule has 150 valence electrons. The maximum absolute atomic E-state index is 12.3. The largest absolute Gasteiger partial charge is 0.493 e. The molecular formula is C19H23N3O6. The first-order valence-electron chi connectivity index (χ1n) is 8.62. The third kappa shape index (κ3) is 4.48. The zero-order valence-electron chi connectivity index (χ0n) is 16.2. The van der Waals surface area contributed by atoms with E-state index in [1.807, 2.05) is 13.8 Å². The first-order valence-corrected chi connectivity index (χ1v) is 8.62. The van der Waals surface area contributed by atoms with Crippen LogP contribution in [0.2, 0.25) is 0 Å². The van der Waals surface area contributed by atoms with E-state index in [9.17, 15) is 19.2 Å². The van der Waals surface area contributed by atoms with Gasteiger partial charge < -0.3 is 15.2 Å². The third-order valence-corrected chi connectivity index (χ3v) is 4.00. The van der Waals surface area contributed by atoms with Gasteiger partial charge in [-0.2, -0.15) is 0 Å². The molecule has 0 atom stereocenters. The van der Waals surface area contributed by atoms with Gasteiger partial charge in [-0.3, -0.25) is 18.7 Å². The monoisotopic (exact) mass is 389 g/mol. The maximum Gasteiger partial charge on any atom is 0.338 e. The summed E-state index contributed by atoms with van der Waals surface area (Å²) in [4.78, 5) is 48.4. The van der Waals surface area contributed by atoms with Crippen LogP contribution >= 0.6 is 0 Å². The Morgan fingerprint density at radius 1 is 1.07 bits per heavy atom. The normalized spacial score (nSPS) is 10.8. The highest BCUT2D eigenvalue weighted by Gasteiger charge is 2.21. The van der Waals surface area contributed by atoms with Gasteiger partial charge in [0.1, 0.15) is 17.1 Å². The molecule has 0 fully saturated rings. The zero-order chi connectivity index (χ0) is 21.0. The second-order valence-corrected chi connectivity index (χ2v) is 6.69. The summed E-state index contributed by atoms with van der Waals surface area (Å²) in [6.07, 6.45) is 0. The van der Waals surface area contributed by atoms with Gasteiger partial charge in [0.15, 0.2) is 6.61 Å². The van der Waals surface area contributed by atoms with Gasteiger partial charge in [0.05, 0.1) is 12.2 Å². The summed E-state index contributed by atoms with van der Waals surface area (Å²) in [5.41, 5.74) is 4.05. The van der Waals surface area contributed by atoms with Crippen LogP contribution in [-0.2, 0) is 18.8 Å². The van der Waals surface area contributed by atoms with Gasteiger partial charge in [-0.15, -0.1) is 0 Å². The van der Waals surface area contributed by atoms with Gasteiger partial charge in [-0.1, -0.05) is 13.8 Å². The van der Waals surface area contributed by atoms with Gasteiger partial charge in [-0.05, 0) is 30.2 Å². The van der Waals surface area contributed by atoms with Crippen molar-refractivity contribution in [2.75, 3.05) is 18.9 Å². The van der Waals surface area contributed by atoms with Crippen molar-refractivity contribution in [3.63, 3.8) is 0 Å². The molecule has 9 nitrogen and oxygen atoms in total. The average molecular weight is 389 g/mol. The van der Waals surface area contributed by atoms with Gasteiger partial charge in [0.2, 0.25) is 5.78 Å². The predicted octanol–water partition coefficient (Wildman–Crippen LogP) is 0.741. The Bertz CT molecular complexity index is 1000. The van der Waals surface area contributed by atoms with Crippen LogP contribution in [-0.4, -0.2) is 34.1 Å². The van der Waals surface area contributed by atoms with Crippen molar-refractivity contribution in [2.45, 2.75) is 13.8 Å². The summed E-state index contributed by atoms with van der Waals surface area (Å²) in [5.74, 6) is -0.820. The number of nitrogen functional groups attached to an aromatic ring is 1. The predicted molar refractivity (Wildman–Crippen MR) is 103 cm³/mol. The zero-order valence-corrected chi connectivity index (χ0v) is 16.2. The van der Waals surface area contributed by atoms with Crippen molar-refractivity contribution in [3.8, 4) is 5.75 Å². The molecule has 0 amide bonds. The highest BCUT2D eigenvalue weighted by atomic mass is 16.5. The number of carbonyl (C=O) groups is 2. The lowest BCUT2D eigenvalue weighted by Gasteiger charge is -2.11. The van der Waals surface area contributed by atoms with Gasteiger partial charge in [-0.25, -0.2) is 9.59 Å². The van der Waals surface area contributed by atoms with Crippen LogP contribution in [0.3, 0.4) is 0 Å². The topological polar surface area (TPSA) is 123 Å². The van der Waals surface area contributed by atoms with Crippen LogP contribution < -0.4 is 21.7 Å². The Kier molecular flexibility index (Phi) is 6.40. The fourth-order valence-electron chi connectivity index (χ4n) is 2.36. The summed E-state index contributed by atoms with van der Waals surface area (Å²) in [6, 6.07) is 6.28. The van der Waals surface area contributed by atoms with Crippen molar-refractivity contribution in [1.82, 2.24) is 9.13 Å². The summed E-state index contributed by atoms with van der Waals surface area (Å²) >= 11 is 0. The number of anilines is 1. The molecule has 0 bridgehead atoms. The average Bonchev–Trinajstić information content (AvgIpc) is 2.67. The molecule has 9 heteroatoms. The van der Waals surface area contributed by atoms with E-state index in [2.05, 4.69) is 0 Å². The quantitative estimate of drug-likeness (QED) is 0.547. The van der Waals surface area contributed by atoms with Crippen molar-refractivity contribution in [3.05, 3.63) is 56.2 Å². The number of hydrogen-bond acceptors (Lipinski definition) is 7. The van der Waals surface area contributed by atoms with Crippen LogP contribution in [0, 0.1) is 5.92 Å². The van der Waals surface area contributed by atoms with Crippen LogP contribution in [0.5, 0.6) is 5.75 Å². The molecule has 0 aliphatic heterocycles. The molecule has 2 rings (SSSR count). The first-order chi connectivity index (χ1) is 13.1. The maximum atomic E-state index is 12.3. The number of esters is 1. The lowest BCUT2D eigenvalue weighted by Crippen LogP contribution is -2.42. The summed E-state index contributed by atoms with van der Waals surface area (Å²) < 4.78 is 12.3. The van der Waals surface area contributed by atoms with Crippen molar-refractivity contribution in [2.24, 2.45) is 20.0 Å². The number of aromatic nitrogens is 2. The van der Waals surface area contributed by atoms with Gasteiger partial charge >= 0.3 is 11.7 Å². The molecule has 0 radical (unpaired) electrons. The molecule has 1 aromatic heterocycles. The van der Waals surface area contributed by atoms with E-state index in [0.717, 1.165) is 9.13 Å². The fourth-order valence-corrected chi connectivity index (χ4v) is 2.36. The Morgan fingerprint density at radius 2 is 1.68 bits per heavy atom. The lowest BCUT2D eigenvalue weighted by molar-refractivity contribution is 0.0474. The number of Topliss-reactive ketones (excluding diaryl/α,β-unsaturated/α-hetero) is 1. The highest BCUT2D eigenvalue weighted by molar-refractivity contribution is 6.02. The molecule has 0 spiro atoms. The Labute approximate surface area is 161 Å². The van der Waals surface area contributed by atoms with E-state index in [1.54, 1.807) is 12.1 Å². The van der Waals surface area contributed by atoms with E-state index in [0.29, 0.717) is 18.3 Å². The molecule has 2 aromatic rings. The Hall–Kier alpha value is -3.36. The minimum absolute atomic E-state index is 0.228. The highest BCUT2D eigenvalue weighted by Crippen LogP contribution is 2.14. The number of ether oxygens (including phenoxy) is 2. The Morgan fingerprint density at radius 3 is 2.25 bits per heavy atom. The minimum atomic E-state index is -0.840. The summed E-state index contributed by atoms with van der Waals surface area (Å²) in [7, 11) is 2.57. The van der Waals surface area contributed by atoms with Crippen LogP contribution in [0.4, 0.5) is 5.82 Å². The molecule has 28 heavy (non-hydrogen) atoms. The number of nitrogens with zero attached hydrogens (tertiary/aromatic N) is 2. The number of ketones is 1. The van der Waals surface area contributed by atoms with Crippen molar-refractivity contribution in [1.29, 1.82) is 0 Å². The molecule has 2 N–H and O–H groups in total. The van der Waals surface area contributed by atoms with Crippen molar-refractivity contribution < 1.29 is 19.1 Å². The van der Waals surface area contributed by atoms with Gasteiger partial charge in [0, 0.05) is 14.1 Å². The molecule has 1 aromatic carbocycles. The number of nitrogens with two attached hydrogens (primary N) is 1. The van der Waals surface area contributed by atoms with Gasteiger partial charge in [0.25, 0.3) is 5.56 Å². The fraction of sp³-hybridized carbons (Fsp3) is 0.368. The van der Waals surface area contributed by atoms with E-state index >= 15 is 0 Å². The second-order valence-electron chi connectivity index (χ2n) is 6.69. The summed E-state index contributed by atoms with van der Waals surface area (Å²) in [5, 5.41) is 0. The van der Waals surface area contributed by atoms with Crippen LogP contribution in [0.15, 0.2) is 33.9 Å². The molecule has 1 heterocycles. The van der Waals surface area contributed by atoms with E-state index in [-0.39, 0.29) is 11.4 Å². The minimum Gasteiger partial charge on any atom is -0.493 e. The van der Waals surface area contributed by atoms with Crippen LogP contribution in [0.1, 0.15) is 34.6 Å². The molecule has 0 aliphatic rings. The SMILES string of the molecule is CC(C)COc1ccc(C(=O)OCC(=O)c2c(N)n(C)c(=O)n(C)c2=O)cc1.